The van der Waals surface area contributed by atoms with Gasteiger partial charge in [-0.3, -0.25) is 0 Å². The van der Waals surface area contributed by atoms with Crippen LogP contribution in [-0.2, 0) is 20.0 Å². The standard InChI is InChI=1S/C11H14BrClN2O4S2/c12-8-3-4-11(10(13)6-8)21(18,19)15-5-1-2-9(7-15)20(14,16)17/h3-4,6,9H,1-2,5,7H2,(H2,14,16,17). The van der Waals surface area contributed by atoms with E-state index in [1.54, 1.807) is 6.07 Å². The molecular formula is C11H14BrClN2O4S2. The van der Waals surface area contributed by atoms with Crippen LogP contribution in [-0.4, -0.2) is 39.5 Å². The molecule has 1 fully saturated rings. The number of hydrogen-bond donors (Lipinski definition) is 1. The normalized spacial score (nSPS) is 21.4. The van der Waals surface area contributed by atoms with Crippen molar-refractivity contribution in [3.05, 3.63) is 27.7 Å². The minimum Gasteiger partial charge on any atom is -0.228 e. The highest BCUT2D eigenvalue weighted by molar-refractivity contribution is 9.10. The van der Waals surface area contributed by atoms with Crippen LogP contribution in [0.25, 0.3) is 0 Å². The van der Waals surface area contributed by atoms with E-state index in [1.165, 1.54) is 12.1 Å². The molecule has 0 aromatic heterocycles. The Morgan fingerprint density at radius 3 is 2.52 bits per heavy atom. The number of nitrogens with two attached hydrogens (primary N) is 1. The summed E-state index contributed by atoms with van der Waals surface area (Å²) in [5, 5.41) is 4.33. The van der Waals surface area contributed by atoms with Gasteiger partial charge >= 0.3 is 0 Å². The lowest BCUT2D eigenvalue weighted by Gasteiger charge is -2.30. The van der Waals surface area contributed by atoms with E-state index in [9.17, 15) is 16.8 Å². The second kappa shape index (κ2) is 6.13. The highest BCUT2D eigenvalue weighted by atomic mass is 79.9. The van der Waals surface area contributed by atoms with Gasteiger partial charge in [0.1, 0.15) is 4.90 Å². The molecule has 1 saturated heterocycles. The van der Waals surface area contributed by atoms with Crippen LogP contribution in [0.1, 0.15) is 12.8 Å². The Labute approximate surface area is 137 Å². The zero-order chi connectivity index (χ0) is 15.8. The van der Waals surface area contributed by atoms with Gasteiger partial charge in [-0.25, -0.2) is 22.0 Å². The number of nitrogens with zero attached hydrogens (tertiary/aromatic N) is 1. The summed E-state index contributed by atoms with van der Waals surface area (Å²) in [7, 11) is -7.61. The van der Waals surface area contributed by atoms with Gasteiger partial charge in [-0.2, -0.15) is 4.31 Å². The maximum atomic E-state index is 12.6. The van der Waals surface area contributed by atoms with Crippen LogP contribution in [0, 0.1) is 0 Å². The lowest BCUT2D eigenvalue weighted by molar-refractivity contribution is 0.346. The third kappa shape index (κ3) is 3.77. The minimum atomic E-state index is -3.84. The summed E-state index contributed by atoms with van der Waals surface area (Å²) in [4.78, 5) is -0.0394. The van der Waals surface area contributed by atoms with E-state index in [0.717, 1.165) is 4.31 Å². The van der Waals surface area contributed by atoms with Gasteiger partial charge in [-0.05, 0) is 31.0 Å². The summed E-state index contributed by atoms with van der Waals surface area (Å²) >= 11 is 9.19. The van der Waals surface area contributed by atoms with Gasteiger partial charge in [-0.1, -0.05) is 27.5 Å². The zero-order valence-electron chi connectivity index (χ0n) is 10.9. The molecule has 0 radical (unpaired) electrons. The van der Waals surface area contributed by atoms with E-state index in [0.29, 0.717) is 17.3 Å². The second-order valence-corrected chi connectivity index (χ2v) is 9.87. The average Bonchev–Trinajstić information content (AvgIpc) is 2.37. The topological polar surface area (TPSA) is 97.5 Å². The molecule has 118 valence electrons. The van der Waals surface area contributed by atoms with E-state index in [-0.39, 0.29) is 23.0 Å². The molecule has 0 saturated carbocycles. The SMILES string of the molecule is NS(=O)(=O)C1CCCN(S(=O)(=O)c2ccc(Br)cc2Cl)C1. The maximum absolute atomic E-state index is 12.6. The summed E-state index contributed by atoms with van der Waals surface area (Å²) in [6.45, 7) is 0.105. The Balaban J connectivity index is 2.35. The van der Waals surface area contributed by atoms with Crippen molar-refractivity contribution in [2.24, 2.45) is 5.14 Å². The molecule has 21 heavy (non-hydrogen) atoms. The van der Waals surface area contributed by atoms with Crippen LogP contribution in [0.4, 0.5) is 0 Å². The first-order chi connectivity index (χ1) is 9.62. The number of benzene rings is 1. The van der Waals surface area contributed by atoms with E-state index in [1.807, 2.05) is 0 Å². The van der Waals surface area contributed by atoms with Crippen molar-refractivity contribution in [3.63, 3.8) is 0 Å². The van der Waals surface area contributed by atoms with Gasteiger partial charge in [0.05, 0.1) is 10.3 Å². The molecule has 1 unspecified atom stereocenters. The molecule has 1 aliphatic rings. The number of hydrogen-bond acceptors (Lipinski definition) is 4. The first-order valence-corrected chi connectivity index (χ1v) is 10.3. The lowest BCUT2D eigenvalue weighted by Crippen LogP contribution is -2.46. The van der Waals surface area contributed by atoms with E-state index in [4.69, 9.17) is 16.7 Å². The average molecular weight is 418 g/mol. The number of sulfonamides is 2. The fourth-order valence-corrected chi connectivity index (χ4v) is 5.73. The van der Waals surface area contributed by atoms with Crippen LogP contribution < -0.4 is 5.14 Å². The zero-order valence-corrected chi connectivity index (χ0v) is 14.8. The summed E-state index contributed by atoms with van der Waals surface area (Å²) in [6.07, 6.45) is 0.799. The molecule has 0 amide bonds. The smallest absolute Gasteiger partial charge is 0.228 e. The molecule has 1 aromatic carbocycles. The van der Waals surface area contributed by atoms with E-state index >= 15 is 0 Å². The van der Waals surface area contributed by atoms with Crippen LogP contribution in [0.5, 0.6) is 0 Å². The fourth-order valence-electron chi connectivity index (χ4n) is 2.21. The molecule has 6 nitrogen and oxygen atoms in total. The summed E-state index contributed by atoms with van der Waals surface area (Å²) in [5.74, 6) is 0. The Hall–Kier alpha value is -0.190. The highest BCUT2D eigenvalue weighted by Crippen LogP contribution is 2.29. The van der Waals surface area contributed by atoms with Gasteiger partial charge in [0.15, 0.2) is 0 Å². The minimum absolute atomic E-state index is 0.0394. The van der Waals surface area contributed by atoms with Crippen molar-refractivity contribution in [1.82, 2.24) is 4.31 Å². The maximum Gasteiger partial charge on any atom is 0.244 e. The van der Waals surface area contributed by atoms with Crippen molar-refractivity contribution in [2.75, 3.05) is 13.1 Å². The molecule has 0 aliphatic carbocycles. The highest BCUT2D eigenvalue weighted by Gasteiger charge is 2.35. The van der Waals surface area contributed by atoms with Crippen molar-refractivity contribution < 1.29 is 16.8 Å². The molecule has 0 bridgehead atoms. The summed E-state index contributed by atoms with van der Waals surface area (Å²) < 4.78 is 49.8. The Morgan fingerprint density at radius 1 is 1.29 bits per heavy atom. The number of rotatable bonds is 3. The number of halogens is 2. The molecule has 1 aromatic rings. The monoisotopic (exact) mass is 416 g/mol. The molecule has 10 heteroatoms. The quantitative estimate of drug-likeness (QED) is 0.806. The van der Waals surface area contributed by atoms with Gasteiger partial charge in [0.25, 0.3) is 0 Å². The number of piperidine rings is 1. The Kier molecular flexibility index (Phi) is 5.01. The third-order valence-corrected chi connectivity index (χ3v) is 7.47. The van der Waals surface area contributed by atoms with Crippen LogP contribution in [0.2, 0.25) is 5.02 Å². The first kappa shape index (κ1) is 17.2. The van der Waals surface area contributed by atoms with Crippen LogP contribution in [0.3, 0.4) is 0 Å². The van der Waals surface area contributed by atoms with Gasteiger partial charge in [-0.15, -0.1) is 0 Å². The van der Waals surface area contributed by atoms with Gasteiger partial charge < -0.3 is 0 Å². The predicted molar refractivity (Wildman–Crippen MR) is 84.0 cm³/mol. The molecule has 2 N–H and O–H groups in total. The number of primary sulfonamides is 1. The summed E-state index contributed by atoms with van der Waals surface area (Å²) in [6, 6.07) is 4.44. The van der Waals surface area contributed by atoms with Crippen LogP contribution >= 0.6 is 27.5 Å². The van der Waals surface area contributed by atoms with Gasteiger partial charge in [0, 0.05) is 17.6 Å². The Bertz CT molecular complexity index is 751. The third-order valence-electron chi connectivity index (χ3n) is 3.32. The summed E-state index contributed by atoms with van der Waals surface area (Å²) in [5.41, 5.74) is 0. The van der Waals surface area contributed by atoms with E-state index in [2.05, 4.69) is 15.9 Å². The fraction of sp³-hybridized carbons (Fsp3) is 0.455. The lowest BCUT2D eigenvalue weighted by atomic mass is 10.2. The predicted octanol–water partition coefficient (Wildman–Crippen LogP) is 1.54. The molecular weight excluding hydrogens is 404 g/mol. The Morgan fingerprint density at radius 2 is 1.95 bits per heavy atom. The van der Waals surface area contributed by atoms with Crippen molar-refractivity contribution in [2.45, 2.75) is 23.0 Å². The largest absolute Gasteiger partial charge is 0.244 e. The molecule has 1 aliphatic heterocycles. The van der Waals surface area contributed by atoms with Crippen molar-refractivity contribution in [3.8, 4) is 0 Å². The van der Waals surface area contributed by atoms with E-state index < -0.39 is 25.3 Å². The first-order valence-electron chi connectivity index (χ1n) is 6.09. The second-order valence-electron chi connectivity index (χ2n) is 4.79. The molecule has 2 rings (SSSR count). The molecule has 1 heterocycles. The van der Waals surface area contributed by atoms with Crippen molar-refractivity contribution in [1.29, 1.82) is 0 Å². The molecule has 0 spiro atoms. The van der Waals surface area contributed by atoms with Gasteiger partial charge in [0.2, 0.25) is 20.0 Å². The molecule has 1 atom stereocenters. The van der Waals surface area contributed by atoms with Crippen LogP contribution in [0.15, 0.2) is 27.6 Å². The van der Waals surface area contributed by atoms with Crippen molar-refractivity contribution >= 4 is 47.6 Å².